The fourth-order valence-corrected chi connectivity index (χ4v) is 8.44. The number of allylic oxidation sites excluding steroid dienone is 8. The Morgan fingerprint density at radius 1 is 0.423 bits per heavy atom. The second kappa shape index (κ2) is 53.5. The Morgan fingerprint density at radius 3 is 1.17 bits per heavy atom. The Morgan fingerprint density at radius 2 is 0.789 bits per heavy atom. The van der Waals surface area contributed by atoms with Crippen molar-refractivity contribution in [2.45, 2.75) is 283 Å². The van der Waals surface area contributed by atoms with Crippen LogP contribution < -0.4 is 0 Å². The highest BCUT2D eigenvalue weighted by molar-refractivity contribution is 5.71. The van der Waals surface area contributed by atoms with Gasteiger partial charge in [-0.2, -0.15) is 0 Å². The molecule has 0 aromatic heterocycles. The molecule has 2 unspecified atom stereocenters. The normalized spacial score (nSPS) is 13.1. The summed E-state index contributed by atoms with van der Waals surface area (Å²) in [6, 6.07) is 0. The van der Waals surface area contributed by atoms with Gasteiger partial charge in [-0.1, -0.05) is 236 Å². The van der Waals surface area contributed by atoms with Crippen LogP contribution in [-0.2, 0) is 33.3 Å². The molecule has 0 saturated carbocycles. The summed E-state index contributed by atoms with van der Waals surface area (Å²) in [4.78, 5) is 37.3. The molecule has 71 heavy (non-hydrogen) atoms. The van der Waals surface area contributed by atoms with E-state index in [1.165, 1.54) is 167 Å². The average Bonchev–Trinajstić information content (AvgIpc) is 3.34. The van der Waals surface area contributed by atoms with E-state index in [4.69, 9.17) is 18.9 Å². The van der Waals surface area contributed by atoms with Crippen molar-refractivity contribution >= 4 is 17.9 Å². The first kappa shape index (κ1) is 68.2. The van der Waals surface area contributed by atoms with Crippen LogP contribution in [-0.4, -0.2) is 87.4 Å². The minimum atomic E-state index is -1.51. The maximum Gasteiger partial charge on any atom is 0.361 e. The number of hydrogen-bond acceptors (Lipinski definition) is 7. The zero-order chi connectivity index (χ0) is 52.0. The Kier molecular flexibility index (Phi) is 51.5. The van der Waals surface area contributed by atoms with Gasteiger partial charge in [0.15, 0.2) is 6.10 Å². The van der Waals surface area contributed by atoms with Gasteiger partial charge >= 0.3 is 17.9 Å². The molecule has 9 heteroatoms. The lowest BCUT2D eigenvalue weighted by Gasteiger charge is -2.25. The molecule has 0 amide bonds. The minimum absolute atomic E-state index is 0.186. The molecule has 0 heterocycles. The summed E-state index contributed by atoms with van der Waals surface area (Å²) in [7, 11) is 5.96. The van der Waals surface area contributed by atoms with E-state index < -0.39 is 24.3 Å². The van der Waals surface area contributed by atoms with Gasteiger partial charge in [0.05, 0.1) is 34.4 Å². The first-order valence-corrected chi connectivity index (χ1v) is 29.8. The molecule has 0 bridgehead atoms. The number of unbranched alkanes of at least 4 members (excludes halogenated alkanes) is 32. The van der Waals surface area contributed by atoms with Crippen LogP contribution in [0.5, 0.6) is 0 Å². The maximum atomic E-state index is 12.9. The first-order chi connectivity index (χ1) is 34.6. The number of likely N-dealkylation sites (N-methyl/N-ethyl adjacent to an activating group) is 1. The Bertz CT molecular complexity index is 1300. The molecule has 0 aromatic carbocycles. The van der Waals surface area contributed by atoms with Crippen molar-refractivity contribution in [3.05, 3.63) is 48.6 Å². The zero-order valence-corrected chi connectivity index (χ0v) is 47.1. The van der Waals surface area contributed by atoms with Gasteiger partial charge in [0.25, 0.3) is 6.29 Å². The standard InChI is InChI=1S/C62H113NO8/c1-6-8-10-12-14-16-18-20-21-22-23-24-25-26-27-28-29-30-31-32-33-34-35-36-37-38-39-41-43-45-47-49-51-53-60(65)71-58(57-70-62(61(66)67)68-55-54-63(3,4)5)56-69-59(64)52-50-48-46-44-42-40-19-17-15-13-11-9-7-2/h11,13,17-20,22-23,58,62H,6-10,12,14-16,21,24-57H2,1-5H3/p+1/b13-11-,19-17-,20-18-,23-22-. The molecule has 0 spiro atoms. The van der Waals surface area contributed by atoms with Crippen molar-refractivity contribution in [3.63, 3.8) is 0 Å². The van der Waals surface area contributed by atoms with Crippen LogP contribution in [0, 0.1) is 0 Å². The summed E-state index contributed by atoms with van der Waals surface area (Å²) in [5.74, 6) is -2.01. The Balaban J connectivity index is 4.05. The molecule has 9 nitrogen and oxygen atoms in total. The number of carbonyl (C=O) groups excluding carboxylic acids is 2. The SMILES string of the molecule is CCC/C=C\C/C=C\CCCCCCCC(=O)OCC(COC(OCC[N+](C)(C)C)C(=O)O)OC(=O)CCCCCCCCCCCCCCCCCCCCCCC/C=C\C/C=C\CCCCCCC. The molecule has 2 atom stereocenters. The van der Waals surface area contributed by atoms with E-state index in [0.29, 0.717) is 11.0 Å². The van der Waals surface area contributed by atoms with Crippen molar-refractivity contribution < 1.29 is 42.9 Å². The Hall–Kier alpha value is -2.75. The minimum Gasteiger partial charge on any atom is -0.477 e. The third-order valence-electron chi connectivity index (χ3n) is 13.0. The van der Waals surface area contributed by atoms with E-state index in [9.17, 15) is 19.5 Å². The number of ether oxygens (including phenoxy) is 4. The topological polar surface area (TPSA) is 108 Å². The monoisotopic (exact) mass is 1000 g/mol. The van der Waals surface area contributed by atoms with Gasteiger partial charge in [0.2, 0.25) is 0 Å². The largest absolute Gasteiger partial charge is 0.477 e. The molecular weight excluding hydrogens is 887 g/mol. The molecule has 0 saturated heterocycles. The molecule has 0 fully saturated rings. The number of hydrogen-bond donors (Lipinski definition) is 1. The summed E-state index contributed by atoms with van der Waals surface area (Å²) in [5, 5.41) is 9.68. The first-order valence-electron chi connectivity index (χ1n) is 29.8. The maximum absolute atomic E-state index is 12.9. The zero-order valence-electron chi connectivity index (χ0n) is 47.1. The third kappa shape index (κ3) is 54.9. The fourth-order valence-electron chi connectivity index (χ4n) is 8.44. The van der Waals surface area contributed by atoms with E-state index in [1.54, 1.807) is 0 Å². The summed E-state index contributed by atoms with van der Waals surface area (Å²) in [6.07, 6.45) is 63.6. The number of carbonyl (C=O) groups is 3. The second-order valence-electron chi connectivity index (χ2n) is 21.3. The van der Waals surface area contributed by atoms with Gasteiger partial charge in [0.1, 0.15) is 13.2 Å². The van der Waals surface area contributed by atoms with Crippen molar-refractivity contribution in [1.82, 2.24) is 0 Å². The van der Waals surface area contributed by atoms with Gasteiger partial charge in [0, 0.05) is 12.8 Å². The van der Waals surface area contributed by atoms with Gasteiger partial charge in [-0.05, 0) is 70.6 Å². The van der Waals surface area contributed by atoms with Crippen molar-refractivity contribution in [2.24, 2.45) is 0 Å². The lowest BCUT2D eigenvalue weighted by atomic mass is 10.0. The van der Waals surface area contributed by atoms with Crippen LogP contribution >= 0.6 is 0 Å². The predicted molar refractivity (Wildman–Crippen MR) is 300 cm³/mol. The number of nitrogens with zero attached hydrogens (tertiary/aromatic N) is 1. The van der Waals surface area contributed by atoms with E-state index in [1.807, 2.05) is 21.1 Å². The highest BCUT2D eigenvalue weighted by atomic mass is 16.7. The molecule has 414 valence electrons. The lowest BCUT2D eigenvalue weighted by Crippen LogP contribution is -2.40. The molecule has 0 aliphatic heterocycles. The molecular formula is C62H114NO8+. The number of esters is 2. The van der Waals surface area contributed by atoms with E-state index in [2.05, 4.69) is 62.5 Å². The quantitative estimate of drug-likeness (QED) is 0.0211. The molecule has 0 rings (SSSR count). The second-order valence-corrected chi connectivity index (χ2v) is 21.3. The molecule has 1 N–H and O–H groups in total. The van der Waals surface area contributed by atoms with Gasteiger partial charge in [-0.3, -0.25) is 9.59 Å². The molecule has 0 aliphatic rings. The van der Waals surface area contributed by atoms with Crippen LogP contribution in [0.25, 0.3) is 0 Å². The molecule has 0 aromatic rings. The van der Waals surface area contributed by atoms with Crippen molar-refractivity contribution in [1.29, 1.82) is 0 Å². The summed E-state index contributed by atoms with van der Waals surface area (Å²) >= 11 is 0. The van der Waals surface area contributed by atoms with Gasteiger partial charge in [-0.15, -0.1) is 0 Å². The van der Waals surface area contributed by atoms with E-state index in [0.717, 1.165) is 77.0 Å². The van der Waals surface area contributed by atoms with Crippen molar-refractivity contribution in [3.8, 4) is 0 Å². The highest BCUT2D eigenvalue weighted by Crippen LogP contribution is 2.17. The summed E-state index contributed by atoms with van der Waals surface area (Å²) in [6.45, 7) is 4.81. The Labute approximate surface area is 438 Å². The summed E-state index contributed by atoms with van der Waals surface area (Å²) < 4.78 is 22.8. The van der Waals surface area contributed by atoms with Crippen LogP contribution in [0.1, 0.15) is 271 Å². The number of carboxylic acid groups (broad SMARTS) is 1. The van der Waals surface area contributed by atoms with Gasteiger partial charge in [-0.25, -0.2) is 4.79 Å². The number of rotatable bonds is 55. The van der Waals surface area contributed by atoms with Crippen LogP contribution in [0.2, 0.25) is 0 Å². The number of quaternary nitrogens is 1. The smallest absolute Gasteiger partial charge is 0.361 e. The van der Waals surface area contributed by atoms with Crippen molar-refractivity contribution in [2.75, 3.05) is 47.5 Å². The third-order valence-corrected chi connectivity index (χ3v) is 13.0. The average molecular weight is 1000 g/mol. The van der Waals surface area contributed by atoms with Crippen LogP contribution in [0.15, 0.2) is 48.6 Å². The fraction of sp³-hybridized carbons (Fsp3) is 0.823. The highest BCUT2D eigenvalue weighted by Gasteiger charge is 2.25. The predicted octanol–water partition coefficient (Wildman–Crippen LogP) is 17.5. The number of aliphatic carboxylic acids is 1. The van der Waals surface area contributed by atoms with E-state index >= 15 is 0 Å². The summed E-state index contributed by atoms with van der Waals surface area (Å²) in [5.41, 5.74) is 0. The van der Waals surface area contributed by atoms with Crippen LogP contribution in [0.3, 0.4) is 0 Å². The van der Waals surface area contributed by atoms with E-state index in [-0.39, 0.29) is 38.6 Å². The molecule has 0 aliphatic carbocycles. The van der Waals surface area contributed by atoms with Gasteiger partial charge < -0.3 is 28.5 Å². The molecule has 0 radical (unpaired) electrons. The number of carboxylic acids is 1. The lowest BCUT2D eigenvalue weighted by molar-refractivity contribution is -0.870. The van der Waals surface area contributed by atoms with Crippen LogP contribution in [0.4, 0.5) is 0 Å².